The molecule has 0 saturated heterocycles. The molecule has 0 aromatic heterocycles. The summed E-state index contributed by atoms with van der Waals surface area (Å²) in [4.78, 5) is 1.40. The Labute approximate surface area is 85.2 Å². The maximum atomic E-state index is 3.55. The quantitative estimate of drug-likeness (QED) is 0.675. The van der Waals surface area contributed by atoms with Crippen LogP contribution in [0.4, 0.5) is 0 Å². The molecule has 0 heterocycles. The van der Waals surface area contributed by atoms with E-state index in [0.29, 0.717) is 0 Å². The second kappa shape index (κ2) is 3.27. The molecule has 0 spiro atoms. The lowest BCUT2D eigenvalue weighted by atomic mass is 10.1. The van der Waals surface area contributed by atoms with Crippen LogP contribution in [-0.4, -0.2) is 6.26 Å². The van der Waals surface area contributed by atoms with E-state index in [4.69, 9.17) is 0 Å². The number of rotatable bonds is 1. The average molecular weight is 241 g/mol. The van der Waals surface area contributed by atoms with Crippen molar-refractivity contribution in [1.29, 1.82) is 0 Å². The predicted molar refractivity (Wildman–Crippen MR) is 58.7 cm³/mol. The molecule has 0 amide bonds. The Morgan fingerprint density at radius 3 is 3.00 bits per heavy atom. The third kappa shape index (κ3) is 1.23. The van der Waals surface area contributed by atoms with E-state index in [2.05, 4.69) is 46.5 Å². The van der Waals surface area contributed by atoms with E-state index in [9.17, 15) is 0 Å². The Morgan fingerprint density at radius 1 is 1.42 bits per heavy atom. The van der Waals surface area contributed by atoms with Crippen molar-refractivity contribution in [3.8, 4) is 0 Å². The van der Waals surface area contributed by atoms with E-state index < -0.39 is 0 Å². The van der Waals surface area contributed by atoms with Crippen LogP contribution in [-0.2, 0) is 6.42 Å². The summed E-state index contributed by atoms with van der Waals surface area (Å²) in [5, 5.41) is 0. The minimum atomic E-state index is 1.09. The van der Waals surface area contributed by atoms with Gasteiger partial charge in [-0.15, -0.1) is 11.8 Å². The van der Waals surface area contributed by atoms with E-state index in [0.717, 1.165) is 6.42 Å². The lowest BCUT2D eigenvalue weighted by Crippen LogP contribution is -1.86. The Kier molecular flexibility index (Phi) is 2.28. The van der Waals surface area contributed by atoms with Gasteiger partial charge in [0.2, 0.25) is 0 Å². The average Bonchev–Trinajstić information content (AvgIpc) is 2.54. The first-order valence-corrected chi connectivity index (χ1v) is 5.86. The van der Waals surface area contributed by atoms with Crippen molar-refractivity contribution in [2.45, 2.75) is 11.3 Å². The summed E-state index contributed by atoms with van der Waals surface area (Å²) in [6, 6.07) is 4.31. The molecule has 62 valence electrons. The molecule has 1 aromatic carbocycles. The summed E-state index contributed by atoms with van der Waals surface area (Å²) in [7, 11) is 0. The number of benzene rings is 1. The van der Waals surface area contributed by atoms with E-state index in [1.807, 2.05) is 11.8 Å². The summed E-state index contributed by atoms with van der Waals surface area (Å²) in [5.74, 6) is 0. The molecule has 1 aromatic rings. The highest BCUT2D eigenvalue weighted by Gasteiger charge is 2.11. The zero-order valence-electron chi connectivity index (χ0n) is 6.80. The van der Waals surface area contributed by atoms with Crippen LogP contribution in [0.2, 0.25) is 0 Å². The van der Waals surface area contributed by atoms with Crippen molar-refractivity contribution in [1.82, 2.24) is 0 Å². The number of halogens is 1. The Bertz CT molecular complexity index is 342. The summed E-state index contributed by atoms with van der Waals surface area (Å²) >= 11 is 5.37. The summed E-state index contributed by atoms with van der Waals surface area (Å²) in [6.07, 6.45) is 7.63. The molecule has 0 bridgehead atoms. The largest absolute Gasteiger partial charge is 0.129 e. The van der Waals surface area contributed by atoms with Gasteiger partial charge in [0.05, 0.1) is 0 Å². The molecule has 0 unspecified atom stereocenters. The smallest absolute Gasteiger partial charge is 0.0251 e. The van der Waals surface area contributed by atoms with Crippen molar-refractivity contribution >= 4 is 33.8 Å². The van der Waals surface area contributed by atoms with Gasteiger partial charge >= 0.3 is 0 Å². The van der Waals surface area contributed by atoms with Crippen LogP contribution < -0.4 is 0 Å². The first kappa shape index (κ1) is 8.39. The maximum Gasteiger partial charge on any atom is 0.0251 e. The molecule has 12 heavy (non-hydrogen) atoms. The van der Waals surface area contributed by atoms with E-state index >= 15 is 0 Å². The zero-order valence-corrected chi connectivity index (χ0v) is 9.21. The SMILES string of the molecule is CSc1ccc(Br)c2c1CC=C2. The second-order valence-corrected chi connectivity index (χ2v) is 4.45. The molecule has 1 aliphatic carbocycles. The molecule has 0 aliphatic heterocycles. The molecule has 0 N–H and O–H groups in total. The molecule has 1 aliphatic rings. The Hall–Kier alpha value is -0.210. The molecule has 0 saturated carbocycles. The third-order valence-corrected chi connectivity index (χ3v) is 3.60. The highest BCUT2D eigenvalue weighted by molar-refractivity contribution is 9.10. The Morgan fingerprint density at radius 2 is 2.25 bits per heavy atom. The molecule has 0 nitrogen and oxygen atoms in total. The minimum Gasteiger partial charge on any atom is -0.129 e. The molecular weight excluding hydrogens is 232 g/mol. The fourth-order valence-corrected chi connectivity index (χ4v) is 2.64. The van der Waals surface area contributed by atoms with Gasteiger partial charge in [-0.3, -0.25) is 0 Å². The van der Waals surface area contributed by atoms with Crippen LogP contribution in [0.5, 0.6) is 0 Å². The van der Waals surface area contributed by atoms with Gasteiger partial charge in [-0.2, -0.15) is 0 Å². The number of hydrogen-bond donors (Lipinski definition) is 0. The zero-order chi connectivity index (χ0) is 8.55. The van der Waals surface area contributed by atoms with Gasteiger partial charge in [-0.25, -0.2) is 0 Å². The van der Waals surface area contributed by atoms with Crippen molar-refractivity contribution in [3.63, 3.8) is 0 Å². The van der Waals surface area contributed by atoms with Gasteiger partial charge in [0.15, 0.2) is 0 Å². The van der Waals surface area contributed by atoms with E-state index in [1.54, 1.807) is 0 Å². The van der Waals surface area contributed by atoms with Gasteiger partial charge < -0.3 is 0 Å². The van der Waals surface area contributed by atoms with Crippen LogP contribution in [0.25, 0.3) is 6.08 Å². The third-order valence-electron chi connectivity index (χ3n) is 2.09. The number of thioether (sulfide) groups is 1. The standard InChI is InChI=1S/C10H9BrS/c1-12-10-6-5-9(11)7-3-2-4-8(7)10/h2-3,5-6H,4H2,1H3. The fraction of sp³-hybridized carbons (Fsp3) is 0.200. The fourth-order valence-electron chi connectivity index (χ4n) is 1.49. The van der Waals surface area contributed by atoms with E-state index in [-0.39, 0.29) is 0 Å². The number of hydrogen-bond acceptors (Lipinski definition) is 1. The first-order chi connectivity index (χ1) is 5.83. The second-order valence-electron chi connectivity index (χ2n) is 2.75. The Balaban J connectivity index is 2.61. The maximum absolute atomic E-state index is 3.55. The summed E-state index contributed by atoms with van der Waals surface area (Å²) < 4.78 is 1.21. The normalized spacial score (nSPS) is 13.5. The number of fused-ring (bicyclic) bond motifs is 1. The first-order valence-electron chi connectivity index (χ1n) is 3.85. The lowest BCUT2D eigenvalue weighted by Gasteiger charge is -2.06. The van der Waals surface area contributed by atoms with Gasteiger partial charge in [-0.05, 0) is 35.9 Å². The highest BCUT2D eigenvalue weighted by Crippen LogP contribution is 2.34. The van der Waals surface area contributed by atoms with Crippen LogP contribution >= 0.6 is 27.7 Å². The van der Waals surface area contributed by atoms with Crippen LogP contribution in [0.1, 0.15) is 11.1 Å². The lowest BCUT2D eigenvalue weighted by molar-refractivity contribution is 1.20. The van der Waals surface area contributed by atoms with E-state index in [1.165, 1.54) is 20.5 Å². The van der Waals surface area contributed by atoms with Crippen molar-refractivity contribution in [2.75, 3.05) is 6.26 Å². The molecule has 0 fully saturated rings. The predicted octanol–water partition coefficient (Wildman–Crippen LogP) is 3.74. The molecule has 0 radical (unpaired) electrons. The van der Waals surface area contributed by atoms with Gasteiger partial charge in [0.25, 0.3) is 0 Å². The van der Waals surface area contributed by atoms with Gasteiger partial charge in [-0.1, -0.05) is 28.1 Å². The van der Waals surface area contributed by atoms with Crippen LogP contribution in [0.15, 0.2) is 27.6 Å². The van der Waals surface area contributed by atoms with Crippen molar-refractivity contribution < 1.29 is 0 Å². The van der Waals surface area contributed by atoms with Gasteiger partial charge in [0, 0.05) is 9.37 Å². The highest BCUT2D eigenvalue weighted by atomic mass is 79.9. The summed E-state index contributed by atoms with van der Waals surface area (Å²) in [6.45, 7) is 0. The molecule has 0 atom stereocenters. The molecule has 2 rings (SSSR count). The minimum absolute atomic E-state index is 1.09. The molecule has 2 heteroatoms. The number of allylic oxidation sites excluding steroid dienone is 1. The van der Waals surface area contributed by atoms with Crippen LogP contribution in [0, 0.1) is 0 Å². The summed E-state index contributed by atoms with van der Waals surface area (Å²) in [5.41, 5.74) is 2.83. The van der Waals surface area contributed by atoms with Gasteiger partial charge in [0.1, 0.15) is 0 Å². The monoisotopic (exact) mass is 240 g/mol. The molecular formula is C10H9BrS. The topological polar surface area (TPSA) is 0 Å². The van der Waals surface area contributed by atoms with Crippen molar-refractivity contribution in [3.05, 3.63) is 33.8 Å². The van der Waals surface area contributed by atoms with Crippen LogP contribution in [0.3, 0.4) is 0 Å². The van der Waals surface area contributed by atoms with Crippen molar-refractivity contribution in [2.24, 2.45) is 0 Å².